The van der Waals surface area contributed by atoms with E-state index in [1.807, 2.05) is 45.8 Å². The molecule has 0 amide bonds. The molecule has 1 aromatic heterocycles. The topological polar surface area (TPSA) is 33.2 Å². The van der Waals surface area contributed by atoms with Crippen molar-refractivity contribution in [1.82, 2.24) is 4.98 Å². The average molecular weight is 206 g/mol. The predicted octanol–water partition coefficient (Wildman–Crippen LogP) is 2.38. The molecule has 1 heterocycles. The van der Waals surface area contributed by atoms with Crippen LogP contribution in [0.4, 0.5) is 5.82 Å². The summed E-state index contributed by atoms with van der Waals surface area (Å²) < 4.78 is 0. The minimum atomic E-state index is -0.367. The average Bonchev–Trinajstić information content (AvgIpc) is 2.15. The second kappa shape index (κ2) is 4.01. The molecule has 0 aliphatic rings. The van der Waals surface area contributed by atoms with E-state index in [2.05, 4.69) is 4.98 Å². The van der Waals surface area contributed by atoms with Gasteiger partial charge >= 0.3 is 0 Å². The summed E-state index contributed by atoms with van der Waals surface area (Å²) >= 11 is 0. The third-order valence-electron chi connectivity index (χ3n) is 2.14. The summed E-state index contributed by atoms with van der Waals surface area (Å²) in [5, 5.41) is 0. The van der Waals surface area contributed by atoms with Gasteiger partial charge in [0.25, 0.3) is 0 Å². The van der Waals surface area contributed by atoms with Crippen molar-refractivity contribution in [3.8, 4) is 0 Å². The van der Waals surface area contributed by atoms with E-state index >= 15 is 0 Å². The lowest BCUT2D eigenvalue weighted by atomic mass is 9.86. The Balaban J connectivity index is 3.20. The van der Waals surface area contributed by atoms with Crippen molar-refractivity contribution in [2.24, 2.45) is 5.41 Å². The molecule has 0 saturated heterocycles. The summed E-state index contributed by atoms with van der Waals surface area (Å²) in [6.07, 6.45) is 1.70. The van der Waals surface area contributed by atoms with E-state index in [4.69, 9.17) is 0 Å². The van der Waals surface area contributed by atoms with Gasteiger partial charge in [-0.25, -0.2) is 4.98 Å². The van der Waals surface area contributed by atoms with E-state index in [9.17, 15) is 4.79 Å². The summed E-state index contributed by atoms with van der Waals surface area (Å²) in [5.41, 5.74) is 0.323. The molecular formula is C12H18N2O. The fraction of sp³-hybridized carbons (Fsp3) is 0.500. The SMILES string of the molecule is CN(C)c1ncccc1C(=O)C(C)(C)C. The number of anilines is 1. The zero-order chi connectivity index (χ0) is 11.6. The molecule has 15 heavy (non-hydrogen) atoms. The highest BCUT2D eigenvalue weighted by Gasteiger charge is 2.25. The first-order chi connectivity index (χ1) is 6.84. The van der Waals surface area contributed by atoms with E-state index in [1.54, 1.807) is 12.3 Å². The molecule has 0 fully saturated rings. The van der Waals surface area contributed by atoms with Crippen molar-refractivity contribution >= 4 is 11.6 Å². The molecule has 0 aliphatic carbocycles. The van der Waals surface area contributed by atoms with Crippen LogP contribution in [0.25, 0.3) is 0 Å². The quantitative estimate of drug-likeness (QED) is 0.696. The maximum absolute atomic E-state index is 12.1. The van der Waals surface area contributed by atoms with Crippen LogP contribution in [-0.2, 0) is 0 Å². The van der Waals surface area contributed by atoms with Gasteiger partial charge in [0, 0.05) is 25.7 Å². The van der Waals surface area contributed by atoms with Crippen LogP contribution in [0, 0.1) is 5.41 Å². The van der Waals surface area contributed by atoms with Crippen molar-refractivity contribution in [2.75, 3.05) is 19.0 Å². The van der Waals surface area contributed by atoms with Crippen LogP contribution >= 0.6 is 0 Å². The number of hydrogen-bond donors (Lipinski definition) is 0. The second-order valence-electron chi connectivity index (χ2n) is 4.85. The molecular weight excluding hydrogens is 188 g/mol. The maximum atomic E-state index is 12.1. The van der Waals surface area contributed by atoms with Crippen molar-refractivity contribution < 1.29 is 4.79 Å². The van der Waals surface area contributed by atoms with Gasteiger partial charge in [-0.2, -0.15) is 0 Å². The van der Waals surface area contributed by atoms with Gasteiger partial charge in [0.05, 0.1) is 5.56 Å². The second-order valence-corrected chi connectivity index (χ2v) is 4.85. The molecule has 82 valence electrons. The van der Waals surface area contributed by atoms with Crippen molar-refractivity contribution in [1.29, 1.82) is 0 Å². The number of aromatic nitrogens is 1. The molecule has 0 aliphatic heterocycles. The lowest BCUT2D eigenvalue weighted by Crippen LogP contribution is -2.24. The van der Waals surface area contributed by atoms with Crippen LogP contribution in [0.1, 0.15) is 31.1 Å². The number of carbonyl (C=O) groups excluding carboxylic acids is 1. The molecule has 0 bridgehead atoms. The van der Waals surface area contributed by atoms with Crippen LogP contribution in [0.15, 0.2) is 18.3 Å². The predicted molar refractivity (Wildman–Crippen MR) is 62.3 cm³/mol. The zero-order valence-electron chi connectivity index (χ0n) is 10.0. The van der Waals surface area contributed by atoms with Gasteiger partial charge in [0.1, 0.15) is 5.82 Å². The first-order valence-electron chi connectivity index (χ1n) is 5.01. The van der Waals surface area contributed by atoms with Crippen LogP contribution < -0.4 is 4.90 Å². The Bertz CT molecular complexity index is 364. The van der Waals surface area contributed by atoms with E-state index in [1.165, 1.54) is 0 Å². The summed E-state index contributed by atoms with van der Waals surface area (Å²) in [6, 6.07) is 3.63. The summed E-state index contributed by atoms with van der Waals surface area (Å²) in [4.78, 5) is 18.2. The number of Topliss-reactive ketones (excluding diaryl/α,β-unsaturated/α-hetero) is 1. The number of pyridine rings is 1. The number of ketones is 1. The van der Waals surface area contributed by atoms with E-state index in [0.29, 0.717) is 5.56 Å². The highest BCUT2D eigenvalue weighted by atomic mass is 16.1. The molecule has 1 aromatic rings. The van der Waals surface area contributed by atoms with Crippen molar-refractivity contribution in [2.45, 2.75) is 20.8 Å². The van der Waals surface area contributed by atoms with E-state index in [0.717, 1.165) is 5.82 Å². The number of hydrogen-bond acceptors (Lipinski definition) is 3. The smallest absolute Gasteiger partial charge is 0.171 e. The fourth-order valence-corrected chi connectivity index (χ4v) is 1.33. The number of rotatable bonds is 2. The minimum Gasteiger partial charge on any atom is -0.362 e. The van der Waals surface area contributed by atoms with E-state index < -0.39 is 0 Å². The first-order valence-corrected chi connectivity index (χ1v) is 5.01. The van der Waals surface area contributed by atoms with Crippen molar-refractivity contribution in [3.05, 3.63) is 23.9 Å². The van der Waals surface area contributed by atoms with Crippen LogP contribution in [-0.4, -0.2) is 24.9 Å². The Morgan fingerprint density at radius 3 is 2.40 bits per heavy atom. The molecule has 3 heteroatoms. The molecule has 3 nitrogen and oxygen atoms in total. The first kappa shape index (κ1) is 11.7. The summed E-state index contributed by atoms with van der Waals surface area (Å²) in [6.45, 7) is 5.76. The van der Waals surface area contributed by atoms with Crippen LogP contribution in [0.5, 0.6) is 0 Å². The molecule has 0 saturated carbocycles. The maximum Gasteiger partial charge on any atom is 0.171 e. The monoisotopic (exact) mass is 206 g/mol. The van der Waals surface area contributed by atoms with E-state index in [-0.39, 0.29) is 11.2 Å². The molecule has 0 aromatic carbocycles. The van der Waals surface area contributed by atoms with Gasteiger partial charge < -0.3 is 4.90 Å². The Morgan fingerprint density at radius 2 is 1.93 bits per heavy atom. The van der Waals surface area contributed by atoms with Gasteiger partial charge in [-0.15, -0.1) is 0 Å². The Morgan fingerprint density at radius 1 is 1.33 bits per heavy atom. The number of nitrogens with zero attached hydrogens (tertiary/aromatic N) is 2. The van der Waals surface area contributed by atoms with Gasteiger partial charge in [-0.1, -0.05) is 20.8 Å². The highest BCUT2D eigenvalue weighted by molar-refractivity contribution is 6.03. The van der Waals surface area contributed by atoms with Crippen LogP contribution in [0.3, 0.4) is 0 Å². The normalized spacial score (nSPS) is 11.3. The molecule has 0 atom stereocenters. The summed E-state index contributed by atoms with van der Waals surface area (Å²) in [7, 11) is 3.78. The molecule has 0 N–H and O–H groups in total. The van der Waals surface area contributed by atoms with Gasteiger partial charge in [-0.3, -0.25) is 4.79 Å². The highest BCUT2D eigenvalue weighted by Crippen LogP contribution is 2.25. The standard InChI is InChI=1S/C12H18N2O/c1-12(2,3)10(15)9-7-6-8-13-11(9)14(4)5/h6-8H,1-5H3. The third kappa shape index (κ3) is 2.55. The Labute approximate surface area is 91.1 Å². The lowest BCUT2D eigenvalue weighted by molar-refractivity contribution is 0.0858. The molecule has 1 rings (SSSR count). The van der Waals surface area contributed by atoms with Gasteiger partial charge in [0.2, 0.25) is 0 Å². The minimum absolute atomic E-state index is 0.124. The largest absolute Gasteiger partial charge is 0.362 e. The summed E-state index contributed by atoms with van der Waals surface area (Å²) in [5.74, 6) is 0.858. The van der Waals surface area contributed by atoms with Crippen molar-refractivity contribution in [3.63, 3.8) is 0 Å². The Hall–Kier alpha value is -1.38. The lowest BCUT2D eigenvalue weighted by Gasteiger charge is -2.21. The number of carbonyl (C=O) groups is 1. The van der Waals surface area contributed by atoms with Gasteiger partial charge in [-0.05, 0) is 12.1 Å². The fourth-order valence-electron chi connectivity index (χ4n) is 1.33. The third-order valence-corrected chi connectivity index (χ3v) is 2.14. The zero-order valence-corrected chi connectivity index (χ0v) is 10.0. The molecule has 0 spiro atoms. The van der Waals surface area contributed by atoms with Gasteiger partial charge in [0.15, 0.2) is 5.78 Å². The van der Waals surface area contributed by atoms with Crippen LogP contribution in [0.2, 0.25) is 0 Å². The Kier molecular flexibility index (Phi) is 3.12. The molecule has 0 radical (unpaired) electrons. The molecule has 0 unspecified atom stereocenters.